The lowest BCUT2D eigenvalue weighted by Crippen LogP contribution is -2.43. The Bertz CT molecular complexity index is 694. The summed E-state index contributed by atoms with van der Waals surface area (Å²) in [6.45, 7) is 2.16. The van der Waals surface area contributed by atoms with Crippen LogP contribution in [0.4, 0.5) is 4.79 Å². The molecule has 3 N–H and O–H groups in total. The van der Waals surface area contributed by atoms with E-state index in [0.29, 0.717) is 18.2 Å². The van der Waals surface area contributed by atoms with E-state index in [0.717, 1.165) is 23.5 Å². The number of nitrogens with zero attached hydrogens (tertiary/aromatic N) is 1. The second-order valence-corrected chi connectivity index (χ2v) is 6.72. The highest BCUT2D eigenvalue weighted by Crippen LogP contribution is 2.41. The van der Waals surface area contributed by atoms with E-state index in [1.807, 2.05) is 12.3 Å². The van der Waals surface area contributed by atoms with Gasteiger partial charge in [-0.25, -0.2) is 9.78 Å². The van der Waals surface area contributed by atoms with Gasteiger partial charge in [-0.05, 0) is 37.8 Å². The molecule has 0 aromatic carbocycles. The number of thiazole rings is 1. The average molecular weight is 348 g/mol. The largest absolute Gasteiger partial charge is 0.467 e. The molecule has 1 aliphatic rings. The van der Waals surface area contributed by atoms with Crippen LogP contribution in [-0.2, 0) is 11.3 Å². The van der Waals surface area contributed by atoms with E-state index in [-0.39, 0.29) is 24.5 Å². The first-order valence-electron chi connectivity index (χ1n) is 7.87. The number of carbonyl (C=O) groups excluding carboxylic acids is 2. The van der Waals surface area contributed by atoms with E-state index < -0.39 is 0 Å². The van der Waals surface area contributed by atoms with E-state index in [1.54, 1.807) is 29.7 Å². The van der Waals surface area contributed by atoms with Crippen molar-refractivity contribution in [2.75, 3.05) is 6.54 Å². The number of hydrogen-bond donors (Lipinski definition) is 3. The van der Waals surface area contributed by atoms with Gasteiger partial charge in [-0.3, -0.25) is 4.79 Å². The van der Waals surface area contributed by atoms with Crippen molar-refractivity contribution in [2.24, 2.45) is 5.92 Å². The number of aromatic nitrogens is 1. The zero-order valence-electron chi connectivity index (χ0n) is 13.4. The van der Waals surface area contributed by atoms with Crippen molar-refractivity contribution in [1.82, 2.24) is 20.9 Å². The number of nitrogens with one attached hydrogen (secondary N) is 3. The number of hydrogen-bond acceptors (Lipinski definition) is 5. The fraction of sp³-hybridized carbons (Fsp3) is 0.438. The number of furan rings is 1. The lowest BCUT2D eigenvalue weighted by atomic mass is 10.2. The molecule has 1 atom stereocenters. The molecule has 2 aromatic rings. The number of amides is 3. The summed E-state index contributed by atoms with van der Waals surface area (Å²) in [5.41, 5.74) is 0.958. The lowest BCUT2D eigenvalue weighted by molar-refractivity contribution is -0.120. The van der Waals surface area contributed by atoms with Crippen molar-refractivity contribution in [3.63, 3.8) is 0 Å². The summed E-state index contributed by atoms with van der Waals surface area (Å²) < 4.78 is 5.13. The van der Waals surface area contributed by atoms with Gasteiger partial charge in [0.2, 0.25) is 5.91 Å². The number of aryl methyl sites for hydroxylation is 1. The van der Waals surface area contributed by atoms with Crippen LogP contribution in [0.1, 0.15) is 35.3 Å². The smallest absolute Gasteiger partial charge is 0.315 e. The molecule has 128 valence electrons. The van der Waals surface area contributed by atoms with Crippen molar-refractivity contribution < 1.29 is 14.0 Å². The lowest BCUT2D eigenvalue weighted by Gasteiger charge is -2.16. The maximum Gasteiger partial charge on any atom is 0.315 e. The predicted molar refractivity (Wildman–Crippen MR) is 89.4 cm³/mol. The van der Waals surface area contributed by atoms with Crippen molar-refractivity contribution in [3.8, 4) is 0 Å². The molecular formula is C16H20N4O3S. The molecule has 0 saturated heterocycles. The Kier molecular flexibility index (Phi) is 5.14. The Morgan fingerprint density at radius 2 is 2.25 bits per heavy atom. The predicted octanol–water partition coefficient (Wildman–Crippen LogP) is 2.11. The first-order chi connectivity index (χ1) is 11.6. The second-order valence-electron chi connectivity index (χ2n) is 5.83. The van der Waals surface area contributed by atoms with E-state index in [9.17, 15) is 9.59 Å². The third kappa shape index (κ3) is 4.58. The van der Waals surface area contributed by atoms with Crippen LogP contribution >= 0.6 is 11.3 Å². The summed E-state index contributed by atoms with van der Waals surface area (Å²) in [7, 11) is 0. The molecule has 0 bridgehead atoms. The average Bonchev–Trinajstić information content (AvgIpc) is 3.09. The van der Waals surface area contributed by atoms with E-state index in [2.05, 4.69) is 20.9 Å². The summed E-state index contributed by atoms with van der Waals surface area (Å²) in [6.07, 6.45) is 3.73. The second kappa shape index (κ2) is 7.48. The molecule has 7 nitrogen and oxygen atoms in total. The molecule has 0 spiro atoms. The fourth-order valence-electron chi connectivity index (χ4n) is 2.34. The van der Waals surface area contributed by atoms with Crippen LogP contribution in [0.3, 0.4) is 0 Å². The topological polar surface area (TPSA) is 96.3 Å². The highest BCUT2D eigenvalue weighted by molar-refractivity contribution is 7.09. The molecule has 2 heterocycles. The van der Waals surface area contributed by atoms with Crippen LogP contribution in [0.5, 0.6) is 0 Å². The van der Waals surface area contributed by atoms with Gasteiger partial charge in [0.1, 0.15) is 10.8 Å². The minimum atomic E-state index is -0.354. The van der Waals surface area contributed by atoms with Gasteiger partial charge in [0, 0.05) is 11.1 Å². The molecule has 0 unspecified atom stereocenters. The minimum Gasteiger partial charge on any atom is -0.467 e. The highest BCUT2D eigenvalue weighted by atomic mass is 32.1. The van der Waals surface area contributed by atoms with E-state index in [1.165, 1.54) is 0 Å². The molecule has 0 radical (unpaired) electrons. The monoisotopic (exact) mass is 348 g/mol. The number of carbonyl (C=O) groups is 2. The van der Waals surface area contributed by atoms with Gasteiger partial charge in [-0.15, -0.1) is 11.3 Å². The van der Waals surface area contributed by atoms with Gasteiger partial charge in [-0.2, -0.15) is 0 Å². The molecular weight excluding hydrogens is 328 g/mol. The summed E-state index contributed by atoms with van der Waals surface area (Å²) in [5.74, 6) is 0.837. The van der Waals surface area contributed by atoms with Gasteiger partial charge in [0.25, 0.3) is 0 Å². The van der Waals surface area contributed by atoms with Crippen LogP contribution in [0.25, 0.3) is 0 Å². The number of rotatable bonds is 7. The van der Waals surface area contributed by atoms with Crippen LogP contribution in [0, 0.1) is 12.8 Å². The van der Waals surface area contributed by atoms with E-state index >= 15 is 0 Å². The van der Waals surface area contributed by atoms with Gasteiger partial charge in [0.05, 0.1) is 25.4 Å². The Balaban J connectivity index is 1.43. The fourth-order valence-corrected chi connectivity index (χ4v) is 3.28. The molecule has 24 heavy (non-hydrogen) atoms. The molecule has 0 aliphatic heterocycles. The van der Waals surface area contributed by atoms with Gasteiger partial charge in [-0.1, -0.05) is 0 Å². The van der Waals surface area contributed by atoms with Crippen molar-refractivity contribution >= 4 is 23.3 Å². The SMILES string of the molecule is Cc1csc([C@H](NC(=O)NCC(=O)NCc2ccco2)C2CC2)n1. The Labute approximate surface area is 143 Å². The molecule has 3 amide bonds. The summed E-state index contributed by atoms with van der Waals surface area (Å²) >= 11 is 1.56. The standard InChI is InChI=1S/C16H20N4O3S/c1-10-9-24-15(19-10)14(11-4-5-11)20-16(22)18-8-13(21)17-7-12-3-2-6-23-12/h2-3,6,9,11,14H,4-5,7-8H2,1H3,(H,17,21)(H2,18,20,22)/t14-/m1/s1. The molecule has 2 aromatic heterocycles. The quantitative estimate of drug-likeness (QED) is 0.714. The van der Waals surface area contributed by atoms with Gasteiger partial charge >= 0.3 is 6.03 Å². The maximum absolute atomic E-state index is 12.1. The van der Waals surface area contributed by atoms with Gasteiger partial charge in [0.15, 0.2) is 0 Å². The highest BCUT2D eigenvalue weighted by Gasteiger charge is 2.35. The summed E-state index contributed by atoms with van der Waals surface area (Å²) in [5, 5.41) is 11.1. The Morgan fingerprint density at radius 1 is 1.42 bits per heavy atom. The zero-order valence-corrected chi connectivity index (χ0v) is 14.2. The normalized spacial score (nSPS) is 14.9. The third-order valence-electron chi connectivity index (χ3n) is 3.73. The van der Waals surface area contributed by atoms with E-state index in [4.69, 9.17) is 4.42 Å². The van der Waals surface area contributed by atoms with Gasteiger partial charge < -0.3 is 20.4 Å². The molecule has 1 saturated carbocycles. The molecule has 8 heteroatoms. The van der Waals surface area contributed by atoms with Crippen molar-refractivity contribution in [3.05, 3.63) is 40.2 Å². The molecule has 3 rings (SSSR count). The Morgan fingerprint density at radius 3 is 2.88 bits per heavy atom. The van der Waals surface area contributed by atoms with Crippen LogP contribution in [0.2, 0.25) is 0 Å². The first kappa shape index (κ1) is 16.5. The van der Waals surface area contributed by atoms with Crippen molar-refractivity contribution in [1.29, 1.82) is 0 Å². The van der Waals surface area contributed by atoms with Crippen molar-refractivity contribution in [2.45, 2.75) is 32.4 Å². The van der Waals surface area contributed by atoms with Crippen LogP contribution < -0.4 is 16.0 Å². The Hall–Kier alpha value is -2.35. The first-order valence-corrected chi connectivity index (χ1v) is 8.75. The number of urea groups is 1. The summed E-state index contributed by atoms with van der Waals surface area (Å²) in [6, 6.07) is 3.10. The van der Waals surface area contributed by atoms with Crippen LogP contribution in [0.15, 0.2) is 28.2 Å². The summed E-state index contributed by atoms with van der Waals surface area (Å²) in [4.78, 5) is 28.3. The molecule has 1 fully saturated rings. The zero-order chi connectivity index (χ0) is 16.9. The molecule has 1 aliphatic carbocycles. The third-order valence-corrected chi connectivity index (χ3v) is 4.78. The maximum atomic E-state index is 12.1. The minimum absolute atomic E-state index is 0.0742. The van der Waals surface area contributed by atoms with Crippen LogP contribution in [-0.4, -0.2) is 23.5 Å².